The molecule has 0 aliphatic carbocycles. The summed E-state index contributed by atoms with van der Waals surface area (Å²) in [6.07, 6.45) is 1.70. The third-order valence-corrected chi connectivity index (χ3v) is 3.35. The standard InChI is InChI=1S/C16H14N6O2/c17-16(24)12-2-1-3-13(9-12)19-15(23)8-11-4-6-14(7-5-11)22-10-18-20-21-22/h1-7,9-10H,8H2,(H2,17,24)(H,19,23). The molecule has 0 radical (unpaired) electrons. The van der Waals surface area contributed by atoms with Crippen molar-refractivity contribution >= 4 is 17.5 Å². The number of nitrogens with one attached hydrogen (secondary N) is 1. The van der Waals surface area contributed by atoms with Crippen LogP contribution in [-0.4, -0.2) is 32.0 Å². The zero-order chi connectivity index (χ0) is 16.9. The van der Waals surface area contributed by atoms with Crippen molar-refractivity contribution in [3.05, 3.63) is 66.0 Å². The molecule has 3 N–H and O–H groups in total. The minimum Gasteiger partial charge on any atom is -0.366 e. The number of aromatic nitrogens is 4. The van der Waals surface area contributed by atoms with Gasteiger partial charge in [-0.25, -0.2) is 4.68 Å². The van der Waals surface area contributed by atoms with Gasteiger partial charge in [-0.15, -0.1) is 5.10 Å². The maximum Gasteiger partial charge on any atom is 0.248 e. The molecule has 8 heteroatoms. The molecule has 0 aliphatic rings. The molecule has 120 valence electrons. The Labute approximate surface area is 137 Å². The second kappa shape index (κ2) is 6.69. The van der Waals surface area contributed by atoms with Crippen molar-refractivity contribution in [2.75, 3.05) is 5.32 Å². The van der Waals surface area contributed by atoms with E-state index in [1.165, 1.54) is 11.0 Å². The van der Waals surface area contributed by atoms with Gasteiger partial charge in [0.25, 0.3) is 0 Å². The summed E-state index contributed by atoms with van der Waals surface area (Å²) in [5.74, 6) is -0.726. The lowest BCUT2D eigenvalue weighted by molar-refractivity contribution is -0.115. The minimum atomic E-state index is -0.538. The van der Waals surface area contributed by atoms with Gasteiger partial charge in [-0.05, 0) is 46.3 Å². The molecule has 2 aromatic carbocycles. The van der Waals surface area contributed by atoms with Crippen molar-refractivity contribution < 1.29 is 9.59 Å². The number of nitrogens with zero attached hydrogens (tertiary/aromatic N) is 4. The molecule has 0 bridgehead atoms. The zero-order valence-corrected chi connectivity index (χ0v) is 12.6. The second-order valence-corrected chi connectivity index (χ2v) is 5.09. The number of carbonyl (C=O) groups is 2. The summed E-state index contributed by atoms with van der Waals surface area (Å²) in [6, 6.07) is 13.8. The number of carbonyl (C=O) groups excluding carboxylic acids is 2. The Morgan fingerprint density at radius 1 is 1.12 bits per heavy atom. The van der Waals surface area contributed by atoms with Gasteiger partial charge < -0.3 is 11.1 Å². The summed E-state index contributed by atoms with van der Waals surface area (Å²) in [4.78, 5) is 23.3. The maximum atomic E-state index is 12.1. The molecular formula is C16H14N6O2. The fourth-order valence-corrected chi connectivity index (χ4v) is 2.19. The van der Waals surface area contributed by atoms with Gasteiger partial charge in [-0.2, -0.15) is 0 Å². The SMILES string of the molecule is NC(=O)c1cccc(NC(=O)Cc2ccc(-n3cnnn3)cc2)c1. The van der Waals surface area contributed by atoms with Crippen LogP contribution in [-0.2, 0) is 11.2 Å². The van der Waals surface area contributed by atoms with E-state index < -0.39 is 5.91 Å². The lowest BCUT2D eigenvalue weighted by atomic mass is 10.1. The molecule has 0 fully saturated rings. The molecule has 0 atom stereocenters. The molecule has 24 heavy (non-hydrogen) atoms. The number of hydrogen-bond donors (Lipinski definition) is 2. The molecule has 3 rings (SSSR count). The average molecular weight is 322 g/mol. The van der Waals surface area contributed by atoms with E-state index in [1.54, 1.807) is 24.3 Å². The summed E-state index contributed by atoms with van der Waals surface area (Å²) in [5, 5.41) is 13.7. The van der Waals surface area contributed by atoms with Crippen LogP contribution in [0.15, 0.2) is 54.9 Å². The van der Waals surface area contributed by atoms with Gasteiger partial charge in [0.05, 0.1) is 12.1 Å². The van der Waals surface area contributed by atoms with E-state index in [2.05, 4.69) is 20.8 Å². The first-order valence-corrected chi connectivity index (χ1v) is 7.14. The highest BCUT2D eigenvalue weighted by Gasteiger charge is 2.07. The predicted octanol–water partition coefficient (Wildman–Crippen LogP) is 0.942. The van der Waals surface area contributed by atoms with Gasteiger partial charge in [0, 0.05) is 11.3 Å². The summed E-state index contributed by atoms with van der Waals surface area (Å²) < 4.78 is 1.53. The lowest BCUT2D eigenvalue weighted by Crippen LogP contribution is -2.16. The fraction of sp³-hybridized carbons (Fsp3) is 0.0625. The van der Waals surface area contributed by atoms with Gasteiger partial charge in [0.15, 0.2) is 0 Å². The van der Waals surface area contributed by atoms with Gasteiger partial charge in [0.2, 0.25) is 11.8 Å². The number of rotatable bonds is 5. The smallest absolute Gasteiger partial charge is 0.248 e. The first-order valence-electron chi connectivity index (χ1n) is 7.14. The number of benzene rings is 2. The Morgan fingerprint density at radius 2 is 1.92 bits per heavy atom. The van der Waals surface area contributed by atoms with Crippen molar-refractivity contribution in [1.82, 2.24) is 20.2 Å². The molecule has 3 aromatic rings. The highest BCUT2D eigenvalue weighted by Crippen LogP contribution is 2.12. The first kappa shape index (κ1) is 15.3. The van der Waals surface area contributed by atoms with Crippen molar-refractivity contribution in [2.24, 2.45) is 5.73 Å². The molecule has 0 saturated carbocycles. The second-order valence-electron chi connectivity index (χ2n) is 5.09. The van der Waals surface area contributed by atoms with Crippen LogP contribution in [0.25, 0.3) is 5.69 Å². The van der Waals surface area contributed by atoms with Crippen molar-refractivity contribution in [1.29, 1.82) is 0 Å². The zero-order valence-electron chi connectivity index (χ0n) is 12.6. The molecule has 2 amide bonds. The Bertz CT molecular complexity index is 859. The summed E-state index contributed by atoms with van der Waals surface area (Å²) in [7, 11) is 0. The number of hydrogen-bond acceptors (Lipinski definition) is 5. The van der Waals surface area contributed by atoms with Gasteiger partial charge >= 0.3 is 0 Å². The van der Waals surface area contributed by atoms with Gasteiger partial charge in [-0.1, -0.05) is 18.2 Å². The topological polar surface area (TPSA) is 116 Å². The normalized spacial score (nSPS) is 10.3. The Kier molecular flexibility index (Phi) is 4.28. The van der Waals surface area contributed by atoms with Crippen molar-refractivity contribution in [2.45, 2.75) is 6.42 Å². The highest BCUT2D eigenvalue weighted by molar-refractivity contribution is 5.96. The average Bonchev–Trinajstić information content (AvgIpc) is 3.10. The number of nitrogens with two attached hydrogens (primary N) is 1. The molecular weight excluding hydrogens is 308 g/mol. The monoisotopic (exact) mass is 322 g/mol. The summed E-state index contributed by atoms with van der Waals surface area (Å²) in [6.45, 7) is 0. The van der Waals surface area contributed by atoms with E-state index in [-0.39, 0.29) is 12.3 Å². The Balaban J connectivity index is 1.64. The van der Waals surface area contributed by atoms with Crippen LogP contribution in [0.3, 0.4) is 0 Å². The molecule has 0 aliphatic heterocycles. The third kappa shape index (κ3) is 3.61. The van der Waals surface area contributed by atoms with Crippen LogP contribution < -0.4 is 11.1 Å². The fourth-order valence-electron chi connectivity index (χ4n) is 2.19. The summed E-state index contributed by atoms with van der Waals surface area (Å²) in [5.41, 5.74) is 7.75. The largest absolute Gasteiger partial charge is 0.366 e. The lowest BCUT2D eigenvalue weighted by Gasteiger charge is -2.07. The molecule has 1 aromatic heterocycles. The molecule has 0 spiro atoms. The van der Waals surface area contributed by atoms with E-state index >= 15 is 0 Å². The van der Waals surface area contributed by atoms with E-state index in [0.29, 0.717) is 11.3 Å². The summed E-state index contributed by atoms with van der Waals surface area (Å²) >= 11 is 0. The van der Waals surface area contributed by atoms with Crippen molar-refractivity contribution in [3.8, 4) is 5.69 Å². The van der Waals surface area contributed by atoms with E-state index in [9.17, 15) is 9.59 Å². The Hall–Kier alpha value is -3.55. The van der Waals surface area contributed by atoms with Crippen LogP contribution in [0.2, 0.25) is 0 Å². The minimum absolute atomic E-state index is 0.188. The van der Waals surface area contributed by atoms with Crippen LogP contribution in [0.4, 0.5) is 5.69 Å². The van der Waals surface area contributed by atoms with Crippen molar-refractivity contribution in [3.63, 3.8) is 0 Å². The quantitative estimate of drug-likeness (QED) is 0.725. The van der Waals surface area contributed by atoms with E-state index in [4.69, 9.17) is 5.73 Å². The van der Waals surface area contributed by atoms with E-state index in [1.807, 2.05) is 24.3 Å². The number of tetrazole rings is 1. The van der Waals surface area contributed by atoms with Crippen LogP contribution in [0, 0.1) is 0 Å². The van der Waals surface area contributed by atoms with Gasteiger partial charge in [0.1, 0.15) is 6.33 Å². The molecule has 0 unspecified atom stereocenters. The number of amides is 2. The predicted molar refractivity (Wildman–Crippen MR) is 86.4 cm³/mol. The molecule has 8 nitrogen and oxygen atoms in total. The highest BCUT2D eigenvalue weighted by atomic mass is 16.2. The Morgan fingerprint density at radius 3 is 2.58 bits per heavy atom. The van der Waals surface area contributed by atoms with Gasteiger partial charge in [-0.3, -0.25) is 9.59 Å². The third-order valence-electron chi connectivity index (χ3n) is 3.35. The van der Waals surface area contributed by atoms with Crippen LogP contribution >= 0.6 is 0 Å². The van der Waals surface area contributed by atoms with E-state index in [0.717, 1.165) is 11.3 Å². The number of anilines is 1. The first-order chi connectivity index (χ1) is 11.6. The van der Waals surface area contributed by atoms with Crippen LogP contribution in [0.5, 0.6) is 0 Å². The molecule has 0 saturated heterocycles. The maximum absolute atomic E-state index is 12.1. The molecule has 1 heterocycles. The van der Waals surface area contributed by atoms with Crippen LogP contribution in [0.1, 0.15) is 15.9 Å². The number of primary amides is 1.